The van der Waals surface area contributed by atoms with Gasteiger partial charge in [-0.05, 0) is 67.6 Å². The Hall–Kier alpha value is -2.15. The zero-order chi connectivity index (χ0) is 23.4. The van der Waals surface area contributed by atoms with Gasteiger partial charge >= 0.3 is 0 Å². The molecule has 2 aliphatic heterocycles. The molecule has 5 nitrogen and oxygen atoms in total. The number of nitrogens with zero attached hydrogens (tertiary/aromatic N) is 1. The van der Waals surface area contributed by atoms with Crippen molar-refractivity contribution in [2.75, 3.05) is 32.8 Å². The van der Waals surface area contributed by atoms with Crippen LogP contribution in [0, 0.1) is 11.7 Å². The molecule has 2 aromatic carbocycles. The largest absolute Gasteiger partial charge is 0.381 e. The highest BCUT2D eigenvalue weighted by molar-refractivity contribution is 6.35. The van der Waals surface area contributed by atoms with Crippen LogP contribution in [0.2, 0.25) is 10.0 Å². The summed E-state index contributed by atoms with van der Waals surface area (Å²) in [5.41, 5.74) is 1.07. The lowest BCUT2D eigenvalue weighted by atomic mass is 9.74. The van der Waals surface area contributed by atoms with E-state index in [9.17, 15) is 14.0 Å². The quantitative estimate of drug-likeness (QED) is 0.648. The summed E-state index contributed by atoms with van der Waals surface area (Å²) in [6.07, 6.45) is 2.95. The smallest absolute Gasteiger partial charge is 0.253 e. The van der Waals surface area contributed by atoms with E-state index < -0.39 is 0 Å². The summed E-state index contributed by atoms with van der Waals surface area (Å²) < 4.78 is 18.8. The fraction of sp³-hybridized carbons (Fsp3) is 0.440. The highest BCUT2D eigenvalue weighted by atomic mass is 35.5. The van der Waals surface area contributed by atoms with Crippen molar-refractivity contribution in [2.45, 2.75) is 31.1 Å². The number of halogens is 3. The Morgan fingerprint density at radius 3 is 2.55 bits per heavy atom. The van der Waals surface area contributed by atoms with Gasteiger partial charge in [-0.3, -0.25) is 9.59 Å². The zero-order valence-electron chi connectivity index (χ0n) is 18.3. The molecule has 1 N–H and O–H groups in total. The maximum atomic E-state index is 13.2. The summed E-state index contributed by atoms with van der Waals surface area (Å²) in [5, 5.41) is 4.30. The van der Waals surface area contributed by atoms with E-state index in [1.807, 2.05) is 12.1 Å². The molecule has 2 aromatic rings. The first-order valence-electron chi connectivity index (χ1n) is 11.2. The second-order valence-corrected chi connectivity index (χ2v) is 9.68. The van der Waals surface area contributed by atoms with E-state index in [1.54, 1.807) is 11.0 Å². The molecule has 8 heteroatoms. The highest BCUT2D eigenvalue weighted by Gasteiger charge is 2.37. The van der Waals surface area contributed by atoms with E-state index in [2.05, 4.69) is 5.32 Å². The molecule has 33 heavy (non-hydrogen) atoms. The van der Waals surface area contributed by atoms with Crippen LogP contribution >= 0.6 is 23.2 Å². The molecule has 2 fully saturated rings. The Morgan fingerprint density at radius 2 is 1.85 bits per heavy atom. The molecule has 0 aromatic heterocycles. The minimum atomic E-state index is -0.384. The topological polar surface area (TPSA) is 58.6 Å². The molecular weight excluding hydrogens is 466 g/mol. The maximum Gasteiger partial charge on any atom is 0.253 e. The third kappa shape index (κ3) is 5.51. The molecule has 0 radical (unpaired) electrons. The van der Waals surface area contributed by atoms with Gasteiger partial charge in [0.15, 0.2) is 0 Å². The molecule has 1 atom stereocenters. The summed E-state index contributed by atoms with van der Waals surface area (Å²) in [6, 6.07) is 11.0. The van der Waals surface area contributed by atoms with Gasteiger partial charge in [0.25, 0.3) is 5.91 Å². The van der Waals surface area contributed by atoms with Crippen molar-refractivity contribution in [3.8, 4) is 0 Å². The van der Waals surface area contributed by atoms with Crippen LogP contribution in [0.25, 0.3) is 0 Å². The minimum absolute atomic E-state index is 0.0671. The Morgan fingerprint density at radius 1 is 1.12 bits per heavy atom. The van der Waals surface area contributed by atoms with Crippen molar-refractivity contribution in [1.82, 2.24) is 10.2 Å². The van der Waals surface area contributed by atoms with Crippen LogP contribution in [0.15, 0.2) is 42.5 Å². The van der Waals surface area contributed by atoms with Crippen molar-refractivity contribution < 1.29 is 18.7 Å². The molecule has 0 aliphatic carbocycles. The summed E-state index contributed by atoms with van der Waals surface area (Å²) in [7, 11) is 0. The predicted octanol–water partition coefficient (Wildman–Crippen LogP) is 4.85. The van der Waals surface area contributed by atoms with E-state index in [1.165, 1.54) is 24.3 Å². The lowest BCUT2D eigenvalue weighted by molar-refractivity contribution is -0.126. The number of rotatable bonds is 5. The van der Waals surface area contributed by atoms with E-state index in [0.29, 0.717) is 48.5 Å². The Bertz CT molecular complexity index is 1010. The number of benzene rings is 2. The number of amides is 2. The van der Waals surface area contributed by atoms with E-state index >= 15 is 0 Å². The monoisotopic (exact) mass is 492 g/mol. The van der Waals surface area contributed by atoms with Crippen LogP contribution in [0.1, 0.15) is 41.6 Å². The lowest BCUT2D eigenvalue weighted by Crippen LogP contribution is -2.49. The van der Waals surface area contributed by atoms with Gasteiger partial charge in [-0.15, -0.1) is 0 Å². The fourth-order valence-electron chi connectivity index (χ4n) is 4.77. The molecule has 2 aliphatic rings. The van der Waals surface area contributed by atoms with Crippen LogP contribution in [-0.4, -0.2) is 49.6 Å². The molecular formula is C25H27Cl2FN2O3. The molecule has 0 saturated carbocycles. The first-order chi connectivity index (χ1) is 15.9. The van der Waals surface area contributed by atoms with Crippen LogP contribution in [0.4, 0.5) is 4.39 Å². The summed E-state index contributed by atoms with van der Waals surface area (Å²) in [5.74, 6) is -0.921. The van der Waals surface area contributed by atoms with Crippen molar-refractivity contribution in [1.29, 1.82) is 0 Å². The van der Waals surface area contributed by atoms with Gasteiger partial charge in [-0.25, -0.2) is 4.39 Å². The third-order valence-electron chi connectivity index (χ3n) is 6.72. The minimum Gasteiger partial charge on any atom is -0.381 e. The first-order valence-corrected chi connectivity index (χ1v) is 12.0. The molecule has 0 bridgehead atoms. The lowest BCUT2D eigenvalue weighted by Gasteiger charge is -2.39. The number of nitrogens with one attached hydrogen (secondary N) is 1. The van der Waals surface area contributed by atoms with E-state index in [0.717, 1.165) is 31.2 Å². The first kappa shape index (κ1) is 24.0. The van der Waals surface area contributed by atoms with Crippen LogP contribution in [-0.2, 0) is 14.9 Å². The summed E-state index contributed by atoms with van der Waals surface area (Å²) >= 11 is 12.6. The number of carbonyl (C=O) groups is 2. The summed E-state index contributed by atoms with van der Waals surface area (Å²) in [6.45, 7) is 2.57. The van der Waals surface area contributed by atoms with E-state index in [-0.39, 0.29) is 29.0 Å². The van der Waals surface area contributed by atoms with Crippen LogP contribution in [0.5, 0.6) is 0 Å². The fourth-order valence-corrected chi connectivity index (χ4v) is 5.38. The molecule has 4 rings (SSSR count). The Balaban J connectivity index is 1.43. The number of ether oxygens (including phenoxy) is 1. The van der Waals surface area contributed by atoms with Gasteiger partial charge in [0, 0.05) is 53.9 Å². The van der Waals surface area contributed by atoms with Gasteiger partial charge in [0.2, 0.25) is 5.91 Å². The Labute approximate surface area is 203 Å². The standard InChI is InChI=1S/C25H27Cl2FN2O3/c26-19-5-8-21(22(27)14-19)25(9-12-33-13-10-25)16-29-23(31)18-2-1-11-30(15-18)24(32)17-3-6-20(28)7-4-17/h3-8,14,18H,1-2,9-13,15-16H2,(H,29,31). The zero-order valence-corrected chi connectivity index (χ0v) is 19.8. The average molecular weight is 493 g/mol. The normalized spacial score (nSPS) is 20.3. The van der Waals surface area contributed by atoms with Crippen molar-refractivity contribution in [3.05, 3.63) is 69.5 Å². The Kier molecular flexibility index (Phi) is 7.57. The molecule has 0 spiro atoms. The van der Waals surface area contributed by atoms with Crippen molar-refractivity contribution in [3.63, 3.8) is 0 Å². The maximum absolute atomic E-state index is 13.2. The van der Waals surface area contributed by atoms with Gasteiger partial charge in [0.05, 0.1) is 5.92 Å². The molecule has 2 amide bonds. The number of carbonyl (C=O) groups excluding carboxylic acids is 2. The number of likely N-dealkylation sites (tertiary alicyclic amines) is 1. The average Bonchev–Trinajstić information content (AvgIpc) is 2.83. The van der Waals surface area contributed by atoms with Gasteiger partial charge < -0.3 is 15.0 Å². The molecule has 2 heterocycles. The molecule has 176 valence electrons. The second-order valence-electron chi connectivity index (χ2n) is 8.83. The van der Waals surface area contributed by atoms with Crippen LogP contribution < -0.4 is 5.32 Å². The van der Waals surface area contributed by atoms with Gasteiger partial charge in [-0.1, -0.05) is 29.3 Å². The number of piperidine rings is 1. The van der Waals surface area contributed by atoms with E-state index in [4.69, 9.17) is 27.9 Å². The van der Waals surface area contributed by atoms with Crippen molar-refractivity contribution >= 4 is 35.0 Å². The second kappa shape index (κ2) is 10.4. The van der Waals surface area contributed by atoms with Gasteiger partial charge in [-0.2, -0.15) is 0 Å². The molecule has 2 saturated heterocycles. The number of hydrogen-bond acceptors (Lipinski definition) is 3. The van der Waals surface area contributed by atoms with Crippen molar-refractivity contribution in [2.24, 2.45) is 5.92 Å². The SMILES string of the molecule is O=C(NCC1(c2ccc(Cl)cc2Cl)CCOCC1)C1CCCN(C(=O)c2ccc(F)cc2)C1. The third-order valence-corrected chi connectivity index (χ3v) is 7.27. The highest BCUT2D eigenvalue weighted by Crippen LogP contribution is 2.39. The summed E-state index contributed by atoms with van der Waals surface area (Å²) in [4.78, 5) is 27.6. The number of hydrogen-bond donors (Lipinski definition) is 1. The van der Waals surface area contributed by atoms with Gasteiger partial charge in [0.1, 0.15) is 5.82 Å². The molecule has 1 unspecified atom stereocenters. The predicted molar refractivity (Wildman–Crippen MR) is 126 cm³/mol. The van der Waals surface area contributed by atoms with Crippen LogP contribution in [0.3, 0.4) is 0 Å².